The third kappa shape index (κ3) is 5.46. The highest BCUT2D eigenvalue weighted by molar-refractivity contribution is 5.33. The van der Waals surface area contributed by atoms with Crippen molar-refractivity contribution in [2.75, 3.05) is 6.61 Å². The van der Waals surface area contributed by atoms with Gasteiger partial charge in [0.15, 0.2) is 17.4 Å². The van der Waals surface area contributed by atoms with Gasteiger partial charge in [-0.3, -0.25) is 0 Å². The van der Waals surface area contributed by atoms with Crippen LogP contribution in [0.15, 0.2) is 12.1 Å². The van der Waals surface area contributed by atoms with Gasteiger partial charge >= 0.3 is 0 Å². The fourth-order valence-corrected chi connectivity index (χ4v) is 3.74. The number of hydrogen-bond donors (Lipinski definition) is 0. The Labute approximate surface area is 145 Å². The minimum absolute atomic E-state index is 0.208. The molecule has 0 atom stereocenters. The van der Waals surface area contributed by atoms with Crippen molar-refractivity contribution in [3.63, 3.8) is 0 Å². The molecule has 1 nitrogen and oxygen atoms in total. The Balaban J connectivity index is 1.91. The van der Waals surface area contributed by atoms with Gasteiger partial charge in [-0.05, 0) is 61.6 Å². The highest BCUT2D eigenvalue weighted by atomic mass is 19.1. The molecule has 0 bridgehead atoms. The summed E-state index contributed by atoms with van der Waals surface area (Å²) in [5.74, 6) is -0.210. The molecule has 0 amide bonds. The van der Waals surface area contributed by atoms with Gasteiger partial charge in [-0.15, -0.1) is 0 Å². The van der Waals surface area contributed by atoms with Crippen molar-refractivity contribution < 1.29 is 13.5 Å². The van der Waals surface area contributed by atoms with Crippen molar-refractivity contribution in [1.29, 1.82) is 0 Å². The maximum absolute atomic E-state index is 14.2. The molecule has 1 aromatic rings. The lowest BCUT2D eigenvalue weighted by Crippen LogP contribution is -2.14. The van der Waals surface area contributed by atoms with Gasteiger partial charge in [0.25, 0.3) is 0 Å². The van der Waals surface area contributed by atoms with Gasteiger partial charge in [0, 0.05) is 0 Å². The summed E-state index contributed by atoms with van der Waals surface area (Å²) < 4.78 is 33.7. The number of benzene rings is 1. The minimum atomic E-state index is -0.550. The summed E-state index contributed by atoms with van der Waals surface area (Å²) >= 11 is 0. The zero-order valence-corrected chi connectivity index (χ0v) is 15.3. The molecule has 0 aromatic heterocycles. The molecule has 2 rings (SSSR count). The molecule has 3 heteroatoms. The van der Waals surface area contributed by atoms with Crippen molar-refractivity contribution in [1.82, 2.24) is 0 Å². The average Bonchev–Trinajstić information content (AvgIpc) is 2.58. The maximum Gasteiger partial charge on any atom is 0.190 e. The van der Waals surface area contributed by atoms with E-state index in [1.165, 1.54) is 50.7 Å². The fourth-order valence-electron chi connectivity index (χ4n) is 3.74. The lowest BCUT2D eigenvalue weighted by Gasteiger charge is -2.29. The summed E-state index contributed by atoms with van der Waals surface area (Å²) in [5.41, 5.74) is 0.805. The third-order valence-corrected chi connectivity index (χ3v) is 5.30. The second-order valence-electron chi connectivity index (χ2n) is 7.23. The summed E-state index contributed by atoms with van der Waals surface area (Å²) in [5, 5.41) is 0. The molecular formula is C21H32F2O. The van der Waals surface area contributed by atoms with Crippen molar-refractivity contribution in [3.05, 3.63) is 29.3 Å². The van der Waals surface area contributed by atoms with Crippen molar-refractivity contribution in [2.45, 2.75) is 84.0 Å². The average molecular weight is 338 g/mol. The molecule has 1 saturated carbocycles. The highest BCUT2D eigenvalue weighted by Gasteiger charge is 2.24. The number of hydrogen-bond acceptors (Lipinski definition) is 1. The van der Waals surface area contributed by atoms with E-state index in [1.807, 2.05) is 6.92 Å². The van der Waals surface area contributed by atoms with Crippen molar-refractivity contribution in [2.24, 2.45) is 5.92 Å². The Morgan fingerprint density at radius 3 is 2.12 bits per heavy atom. The number of unbranched alkanes of at least 4 members (excludes halogenated alkanes) is 3. The molecule has 24 heavy (non-hydrogen) atoms. The van der Waals surface area contributed by atoms with Gasteiger partial charge in [0.2, 0.25) is 0 Å². The topological polar surface area (TPSA) is 9.23 Å². The Morgan fingerprint density at radius 1 is 0.917 bits per heavy atom. The lowest BCUT2D eigenvalue weighted by molar-refractivity contribution is 0.276. The van der Waals surface area contributed by atoms with Crippen molar-refractivity contribution in [3.8, 4) is 5.75 Å². The monoisotopic (exact) mass is 338 g/mol. The summed E-state index contributed by atoms with van der Waals surface area (Å²) in [6.45, 7) is 4.62. The molecule has 1 aromatic carbocycles. The van der Waals surface area contributed by atoms with Crippen LogP contribution in [0.5, 0.6) is 5.75 Å². The summed E-state index contributed by atoms with van der Waals surface area (Å²) in [6.07, 6.45) is 11.4. The molecule has 0 heterocycles. The normalized spacial score (nSPS) is 21.0. The largest absolute Gasteiger partial charge is 0.488 e. The third-order valence-electron chi connectivity index (χ3n) is 5.30. The fraction of sp³-hybridized carbons (Fsp3) is 0.714. The van der Waals surface area contributed by atoms with Crippen LogP contribution < -0.4 is 4.74 Å². The summed E-state index contributed by atoms with van der Waals surface area (Å²) in [4.78, 5) is 0. The van der Waals surface area contributed by atoms with E-state index in [9.17, 15) is 8.78 Å². The summed E-state index contributed by atoms with van der Waals surface area (Å²) in [7, 11) is 0. The molecule has 0 radical (unpaired) electrons. The molecule has 0 saturated heterocycles. The maximum atomic E-state index is 14.2. The van der Waals surface area contributed by atoms with E-state index < -0.39 is 11.6 Å². The molecule has 0 N–H and O–H groups in total. The van der Waals surface area contributed by atoms with Crippen molar-refractivity contribution >= 4 is 0 Å². The predicted octanol–water partition coefficient (Wildman–Crippen LogP) is 7.00. The van der Waals surface area contributed by atoms with Crippen LogP contribution in [0.2, 0.25) is 0 Å². The van der Waals surface area contributed by atoms with Crippen LogP contribution in [-0.2, 0) is 0 Å². The van der Waals surface area contributed by atoms with Crippen LogP contribution in [0.1, 0.15) is 89.5 Å². The van der Waals surface area contributed by atoms with Gasteiger partial charge in [-0.1, -0.05) is 46.0 Å². The van der Waals surface area contributed by atoms with Gasteiger partial charge in [0.05, 0.1) is 6.61 Å². The number of ether oxygens (including phenoxy) is 1. The molecule has 1 aliphatic carbocycles. The number of rotatable bonds is 9. The van der Waals surface area contributed by atoms with Gasteiger partial charge < -0.3 is 4.74 Å². The molecular weight excluding hydrogens is 306 g/mol. The van der Waals surface area contributed by atoms with Crippen LogP contribution in [0.4, 0.5) is 8.78 Å². The van der Waals surface area contributed by atoms with Crippen LogP contribution >= 0.6 is 0 Å². The Bertz CT molecular complexity index is 470. The molecule has 136 valence electrons. The Morgan fingerprint density at radius 2 is 1.54 bits per heavy atom. The van der Waals surface area contributed by atoms with Gasteiger partial charge in [0.1, 0.15) is 0 Å². The Hall–Kier alpha value is -1.12. The highest BCUT2D eigenvalue weighted by Crippen LogP contribution is 2.39. The molecule has 0 unspecified atom stereocenters. The zero-order chi connectivity index (χ0) is 17.4. The van der Waals surface area contributed by atoms with E-state index in [-0.39, 0.29) is 5.75 Å². The zero-order valence-electron chi connectivity index (χ0n) is 15.3. The Kier molecular flexibility index (Phi) is 8.01. The lowest BCUT2D eigenvalue weighted by atomic mass is 9.77. The van der Waals surface area contributed by atoms with E-state index in [0.29, 0.717) is 12.5 Å². The van der Waals surface area contributed by atoms with E-state index in [4.69, 9.17) is 4.74 Å². The second-order valence-corrected chi connectivity index (χ2v) is 7.23. The SMILES string of the molecule is CCCCC[C@H]1CC[C@H](c2cc(F)c(OCCCC)c(F)c2)CC1. The van der Waals surface area contributed by atoms with E-state index >= 15 is 0 Å². The summed E-state index contributed by atoms with van der Waals surface area (Å²) in [6, 6.07) is 2.98. The van der Waals surface area contributed by atoms with Crippen LogP contribution in [0, 0.1) is 17.6 Å². The number of halogens is 2. The van der Waals surface area contributed by atoms with Crippen LogP contribution in [-0.4, -0.2) is 6.61 Å². The first-order valence-corrected chi connectivity index (χ1v) is 9.77. The van der Waals surface area contributed by atoms with Gasteiger partial charge in [-0.25, -0.2) is 8.78 Å². The molecule has 1 aliphatic rings. The van der Waals surface area contributed by atoms with E-state index in [0.717, 1.165) is 37.2 Å². The second kappa shape index (κ2) is 10.0. The first kappa shape index (κ1) is 19.2. The minimum Gasteiger partial charge on any atom is -0.488 e. The smallest absolute Gasteiger partial charge is 0.190 e. The first-order valence-electron chi connectivity index (χ1n) is 9.77. The van der Waals surface area contributed by atoms with E-state index in [1.54, 1.807) is 0 Å². The van der Waals surface area contributed by atoms with Crippen LogP contribution in [0.25, 0.3) is 0 Å². The molecule has 0 aliphatic heterocycles. The van der Waals surface area contributed by atoms with Gasteiger partial charge in [-0.2, -0.15) is 0 Å². The van der Waals surface area contributed by atoms with Crippen LogP contribution in [0.3, 0.4) is 0 Å². The standard InChI is InChI=1S/C21H32F2O/c1-3-5-7-8-16-9-11-17(12-10-16)18-14-19(22)21(20(23)15-18)24-13-6-4-2/h14-17H,3-13H2,1-2H3/t16-,17-. The van der Waals surface area contributed by atoms with E-state index in [2.05, 4.69) is 6.92 Å². The molecule has 0 spiro atoms. The molecule has 1 fully saturated rings. The predicted molar refractivity (Wildman–Crippen MR) is 95.6 cm³/mol. The first-order chi connectivity index (χ1) is 11.7. The quantitative estimate of drug-likeness (QED) is 0.440.